The summed E-state index contributed by atoms with van der Waals surface area (Å²) in [5, 5.41) is 7.51. The summed E-state index contributed by atoms with van der Waals surface area (Å²) in [5.41, 5.74) is 1.94. The predicted octanol–water partition coefficient (Wildman–Crippen LogP) is 2.74. The zero-order chi connectivity index (χ0) is 21.8. The fourth-order valence-corrected chi connectivity index (χ4v) is 4.45. The summed E-state index contributed by atoms with van der Waals surface area (Å²) in [7, 11) is 0. The second kappa shape index (κ2) is 9.49. The van der Waals surface area contributed by atoms with Crippen LogP contribution in [0.25, 0.3) is 0 Å². The van der Waals surface area contributed by atoms with E-state index in [4.69, 9.17) is 4.74 Å². The highest BCUT2D eigenvalue weighted by Crippen LogP contribution is 2.29. The van der Waals surface area contributed by atoms with Gasteiger partial charge in [0.05, 0.1) is 12.3 Å². The molecule has 1 aromatic heterocycles. The molecule has 2 fully saturated rings. The molecule has 1 atom stereocenters. The summed E-state index contributed by atoms with van der Waals surface area (Å²) in [6.45, 7) is 4.79. The van der Waals surface area contributed by atoms with Crippen LogP contribution in [0.3, 0.4) is 0 Å². The van der Waals surface area contributed by atoms with Crippen LogP contribution >= 0.6 is 0 Å². The molecule has 31 heavy (non-hydrogen) atoms. The van der Waals surface area contributed by atoms with Crippen LogP contribution < -0.4 is 4.74 Å². The Hall–Kier alpha value is -2.90. The number of aromatic nitrogens is 2. The fraction of sp³-hybridized carbons (Fsp3) is 0.522. The molecule has 7 nitrogen and oxygen atoms in total. The summed E-state index contributed by atoms with van der Waals surface area (Å²) in [6, 6.07) is 8.15. The predicted molar refractivity (Wildman–Crippen MR) is 113 cm³/mol. The Kier molecular flexibility index (Phi) is 6.53. The van der Waals surface area contributed by atoms with Gasteiger partial charge in [-0.05, 0) is 37.5 Å². The van der Waals surface area contributed by atoms with Gasteiger partial charge in [-0.2, -0.15) is 5.10 Å². The number of hydrogen-bond acceptors (Lipinski definition) is 4. The van der Waals surface area contributed by atoms with Gasteiger partial charge in [-0.3, -0.25) is 14.7 Å². The van der Waals surface area contributed by atoms with Gasteiger partial charge in [0.25, 0.3) is 0 Å². The lowest BCUT2D eigenvalue weighted by molar-refractivity contribution is -0.139. The van der Waals surface area contributed by atoms with Crippen LogP contribution in [-0.4, -0.2) is 64.6 Å². The number of H-pyrrole nitrogens is 1. The molecule has 2 aliphatic rings. The summed E-state index contributed by atoms with van der Waals surface area (Å²) >= 11 is 0. The van der Waals surface area contributed by atoms with Crippen LogP contribution in [0.5, 0.6) is 5.75 Å². The Bertz CT molecular complexity index is 923. The monoisotopic (exact) mass is 428 g/mol. The molecule has 1 aromatic carbocycles. The summed E-state index contributed by atoms with van der Waals surface area (Å²) in [4.78, 5) is 28.2. The van der Waals surface area contributed by atoms with Gasteiger partial charge in [0, 0.05) is 63.1 Å². The van der Waals surface area contributed by atoms with Crippen LogP contribution in [0.2, 0.25) is 0 Å². The minimum atomic E-state index is -0.314. The molecule has 8 heteroatoms. The molecule has 0 aliphatic carbocycles. The lowest BCUT2D eigenvalue weighted by Crippen LogP contribution is -2.43. The molecule has 4 rings (SSSR count). The van der Waals surface area contributed by atoms with Crippen molar-refractivity contribution in [3.05, 3.63) is 47.5 Å². The molecular weight excluding hydrogens is 399 g/mol. The molecule has 2 saturated heterocycles. The summed E-state index contributed by atoms with van der Waals surface area (Å²) < 4.78 is 18.8. The van der Waals surface area contributed by atoms with E-state index in [1.54, 1.807) is 19.1 Å². The Balaban J connectivity index is 1.24. The first kappa shape index (κ1) is 21.3. The van der Waals surface area contributed by atoms with Gasteiger partial charge in [-0.1, -0.05) is 6.07 Å². The molecule has 1 N–H and O–H groups in total. The number of amides is 2. The second-order valence-electron chi connectivity index (χ2n) is 8.42. The zero-order valence-corrected chi connectivity index (χ0v) is 17.8. The van der Waals surface area contributed by atoms with Crippen molar-refractivity contribution < 1.29 is 18.7 Å². The van der Waals surface area contributed by atoms with E-state index in [1.165, 1.54) is 12.1 Å². The molecule has 166 valence electrons. The van der Waals surface area contributed by atoms with Gasteiger partial charge in [-0.25, -0.2) is 4.39 Å². The Morgan fingerprint density at radius 2 is 1.94 bits per heavy atom. The number of nitrogens with zero attached hydrogens (tertiary/aromatic N) is 3. The highest BCUT2D eigenvalue weighted by molar-refractivity contribution is 5.80. The van der Waals surface area contributed by atoms with Crippen molar-refractivity contribution in [3.63, 3.8) is 0 Å². The van der Waals surface area contributed by atoms with E-state index in [0.717, 1.165) is 37.2 Å². The lowest BCUT2D eigenvalue weighted by atomic mass is 9.95. The molecule has 0 spiro atoms. The number of nitrogens with one attached hydrogen (secondary N) is 1. The number of hydrogen-bond donors (Lipinski definition) is 1. The Labute approximate surface area is 181 Å². The number of likely N-dealkylation sites (tertiary alicyclic amines) is 2. The largest absolute Gasteiger partial charge is 0.493 e. The molecule has 2 amide bonds. The summed E-state index contributed by atoms with van der Waals surface area (Å²) in [5.74, 6) is 0.747. The third-order valence-corrected chi connectivity index (χ3v) is 6.29. The lowest BCUT2D eigenvalue weighted by Gasteiger charge is -2.32. The van der Waals surface area contributed by atoms with Crippen molar-refractivity contribution in [3.8, 4) is 5.75 Å². The number of carbonyl (C=O) groups is 2. The Morgan fingerprint density at radius 1 is 1.16 bits per heavy atom. The van der Waals surface area contributed by atoms with E-state index in [2.05, 4.69) is 10.2 Å². The molecule has 2 aliphatic heterocycles. The van der Waals surface area contributed by atoms with Crippen LogP contribution in [0.4, 0.5) is 4.39 Å². The molecule has 0 radical (unpaired) electrons. The highest BCUT2D eigenvalue weighted by atomic mass is 19.1. The number of carbonyl (C=O) groups excluding carboxylic acids is 2. The number of rotatable bonds is 6. The van der Waals surface area contributed by atoms with Crippen molar-refractivity contribution in [2.75, 3.05) is 32.8 Å². The normalized spacial score (nSPS) is 19.6. The van der Waals surface area contributed by atoms with Gasteiger partial charge in [-0.15, -0.1) is 0 Å². The van der Waals surface area contributed by atoms with E-state index >= 15 is 0 Å². The molecule has 0 unspecified atom stereocenters. The maximum Gasteiger partial charge on any atom is 0.225 e. The fourth-order valence-electron chi connectivity index (χ4n) is 4.45. The van der Waals surface area contributed by atoms with Crippen LogP contribution in [0.1, 0.15) is 43.5 Å². The number of benzene rings is 1. The topological polar surface area (TPSA) is 78.5 Å². The maximum absolute atomic E-state index is 13.2. The smallest absolute Gasteiger partial charge is 0.225 e. The first-order valence-electron chi connectivity index (χ1n) is 11.0. The van der Waals surface area contributed by atoms with Crippen LogP contribution in [-0.2, 0) is 16.0 Å². The van der Waals surface area contributed by atoms with Gasteiger partial charge in [0.2, 0.25) is 11.8 Å². The van der Waals surface area contributed by atoms with Gasteiger partial charge in [0.15, 0.2) is 0 Å². The van der Waals surface area contributed by atoms with E-state index < -0.39 is 0 Å². The van der Waals surface area contributed by atoms with E-state index in [9.17, 15) is 14.0 Å². The number of aromatic amines is 1. The molecular formula is C23H29FN4O3. The number of piperidine rings is 1. The first-order valence-corrected chi connectivity index (χ1v) is 11.0. The first-order chi connectivity index (χ1) is 15.0. The van der Waals surface area contributed by atoms with Crippen molar-refractivity contribution in [2.24, 2.45) is 5.92 Å². The maximum atomic E-state index is 13.2. The van der Waals surface area contributed by atoms with E-state index in [0.29, 0.717) is 38.4 Å². The van der Waals surface area contributed by atoms with Gasteiger partial charge >= 0.3 is 0 Å². The third kappa shape index (κ3) is 5.24. The average Bonchev–Trinajstić information content (AvgIpc) is 3.43. The van der Waals surface area contributed by atoms with Crippen molar-refractivity contribution in [2.45, 2.75) is 38.5 Å². The van der Waals surface area contributed by atoms with E-state index in [-0.39, 0.29) is 29.5 Å². The number of ether oxygens (including phenoxy) is 1. The van der Waals surface area contributed by atoms with Crippen molar-refractivity contribution >= 4 is 11.8 Å². The van der Waals surface area contributed by atoms with Crippen LogP contribution in [0, 0.1) is 11.7 Å². The quantitative estimate of drug-likeness (QED) is 0.768. The van der Waals surface area contributed by atoms with Crippen LogP contribution in [0.15, 0.2) is 30.3 Å². The molecule has 2 aromatic rings. The SMILES string of the molecule is CC(=O)N1CCC(C(=O)N2CC[C@@H](c3cc(CCOc4cccc(F)c4)[nH]n3)C2)CC1. The minimum absolute atomic E-state index is 0.0177. The number of halogens is 1. The molecule has 0 saturated carbocycles. The van der Waals surface area contributed by atoms with Gasteiger partial charge < -0.3 is 14.5 Å². The van der Waals surface area contributed by atoms with Crippen molar-refractivity contribution in [1.82, 2.24) is 20.0 Å². The van der Waals surface area contributed by atoms with E-state index in [1.807, 2.05) is 15.9 Å². The van der Waals surface area contributed by atoms with Gasteiger partial charge in [0.1, 0.15) is 11.6 Å². The summed E-state index contributed by atoms with van der Waals surface area (Å²) in [6.07, 6.45) is 3.05. The Morgan fingerprint density at radius 3 is 2.68 bits per heavy atom. The molecule has 3 heterocycles. The standard InChI is InChI=1S/C23H29FN4O3/c1-16(29)27-9-5-17(6-10-27)23(30)28-11-7-18(15-28)22-14-20(25-26-22)8-12-31-21-4-2-3-19(24)13-21/h2-4,13-14,17-18H,5-12,15H2,1H3,(H,25,26)/t18-/m1/s1. The average molecular weight is 429 g/mol. The molecule has 0 bridgehead atoms. The second-order valence-corrected chi connectivity index (χ2v) is 8.42. The highest BCUT2D eigenvalue weighted by Gasteiger charge is 2.34. The minimum Gasteiger partial charge on any atom is -0.493 e. The zero-order valence-electron chi connectivity index (χ0n) is 17.8. The third-order valence-electron chi connectivity index (χ3n) is 6.29. The van der Waals surface area contributed by atoms with Crippen molar-refractivity contribution in [1.29, 1.82) is 0 Å².